The van der Waals surface area contributed by atoms with Crippen LogP contribution in [0.2, 0.25) is 0 Å². The molecule has 2 rings (SSSR count). The Bertz CT molecular complexity index is 663. The van der Waals surface area contributed by atoms with E-state index in [9.17, 15) is 8.78 Å². The van der Waals surface area contributed by atoms with Gasteiger partial charge in [-0.3, -0.25) is 4.99 Å². The fourth-order valence-corrected chi connectivity index (χ4v) is 2.28. The van der Waals surface area contributed by atoms with E-state index in [1.165, 1.54) is 6.07 Å². The molecule has 1 atom stereocenters. The molecule has 0 bridgehead atoms. The lowest BCUT2D eigenvalue weighted by molar-refractivity contribution is 0.582. The Kier molecular flexibility index (Phi) is 8.67. The first kappa shape index (κ1) is 20.3. The predicted octanol–water partition coefficient (Wildman–Crippen LogP) is 4.05. The molecule has 1 unspecified atom stereocenters. The third-order valence-corrected chi connectivity index (χ3v) is 3.57. The van der Waals surface area contributed by atoms with Gasteiger partial charge in [-0.1, -0.05) is 30.3 Å². The Balaban J connectivity index is 0.00000288. The van der Waals surface area contributed by atoms with Crippen LogP contribution in [0.15, 0.2) is 53.5 Å². The van der Waals surface area contributed by atoms with E-state index in [2.05, 4.69) is 15.6 Å². The molecule has 0 aliphatic heterocycles. The third kappa shape index (κ3) is 6.07. The number of benzene rings is 2. The van der Waals surface area contributed by atoms with Gasteiger partial charge in [0.2, 0.25) is 0 Å². The molecule has 3 nitrogen and oxygen atoms in total. The highest BCUT2D eigenvalue weighted by molar-refractivity contribution is 14.0. The normalized spacial score (nSPS) is 12.2. The fourth-order valence-electron chi connectivity index (χ4n) is 2.28. The zero-order chi connectivity index (χ0) is 16.7. The topological polar surface area (TPSA) is 36.4 Å². The third-order valence-electron chi connectivity index (χ3n) is 3.57. The molecule has 2 aromatic rings. The van der Waals surface area contributed by atoms with Crippen LogP contribution in [0.4, 0.5) is 8.78 Å². The summed E-state index contributed by atoms with van der Waals surface area (Å²) < 4.78 is 26.7. The van der Waals surface area contributed by atoms with Crippen molar-refractivity contribution in [2.45, 2.75) is 19.4 Å². The van der Waals surface area contributed by atoms with Gasteiger partial charge < -0.3 is 10.6 Å². The number of hydrogen-bond acceptors (Lipinski definition) is 1. The van der Waals surface area contributed by atoms with E-state index in [0.717, 1.165) is 17.7 Å². The van der Waals surface area contributed by atoms with Crippen molar-refractivity contribution >= 4 is 29.9 Å². The van der Waals surface area contributed by atoms with E-state index in [-0.39, 0.29) is 30.0 Å². The monoisotopic (exact) mass is 445 g/mol. The molecule has 2 aromatic carbocycles. The zero-order valence-corrected chi connectivity index (χ0v) is 16.1. The molecule has 0 amide bonds. The maximum atomic E-state index is 13.6. The molecule has 0 saturated carbocycles. The Morgan fingerprint density at radius 2 is 1.83 bits per heavy atom. The number of guanidine groups is 1. The van der Waals surface area contributed by atoms with Crippen molar-refractivity contribution in [3.8, 4) is 0 Å². The first-order valence-electron chi connectivity index (χ1n) is 7.56. The standard InChI is InChI=1S/C18H21F2N3.HI/c1-13(14-6-4-3-5-7-14)23-18(21-2)22-11-10-15-12-16(19)8-9-17(15)20;/h3-9,12-13H,10-11H2,1-2H3,(H2,21,22,23);1H. The minimum atomic E-state index is -0.429. The van der Waals surface area contributed by atoms with Crippen LogP contribution in [0.3, 0.4) is 0 Å². The lowest BCUT2D eigenvalue weighted by Crippen LogP contribution is -2.39. The van der Waals surface area contributed by atoms with Crippen LogP contribution in [0.1, 0.15) is 24.1 Å². The largest absolute Gasteiger partial charge is 0.356 e. The van der Waals surface area contributed by atoms with Gasteiger partial charge in [0.1, 0.15) is 11.6 Å². The SMILES string of the molecule is CN=C(NCCc1cc(F)ccc1F)NC(C)c1ccccc1.I. The van der Waals surface area contributed by atoms with Crippen molar-refractivity contribution in [1.82, 2.24) is 10.6 Å². The highest BCUT2D eigenvalue weighted by Gasteiger charge is 2.08. The van der Waals surface area contributed by atoms with E-state index >= 15 is 0 Å². The summed E-state index contributed by atoms with van der Waals surface area (Å²) >= 11 is 0. The molecule has 0 aromatic heterocycles. The quantitative estimate of drug-likeness (QED) is 0.414. The molecular weight excluding hydrogens is 423 g/mol. The second-order valence-corrected chi connectivity index (χ2v) is 5.26. The van der Waals surface area contributed by atoms with E-state index in [1.807, 2.05) is 37.3 Å². The lowest BCUT2D eigenvalue weighted by Gasteiger charge is -2.18. The lowest BCUT2D eigenvalue weighted by atomic mass is 10.1. The van der Waals surface area contributed by atoms with Crippen molar-refractivity contribution in [3.63, 3.8) is 0 Å². The summed E-state index contributed by atoms with van der Waals surface area (Å²) in [6.45, 7) is 2.50. The molecule has 0 fully saturated rings. The Morgan fingerprint density at radius 3 is 2.50 bits per heavy atom. The number of rotatable bonds is 5. The summed E-state index contributed by atoms with van der Waals surface area (Å²) in [5.41, 5.74) is 1.50. The number of nitrogens with one attached hydrogen (secondary N) is 2. The fraction of sp³-hybridized carbons (Fsp3) is 0.278. The average molecular weight is 445 g/mol. The van der Waals surface area contributed by atoms with Crippen LogP contribution in [-0.2, 0) is 6.42 Å². The molecule has 6 heteroatoms. The van der Waals surface area contributed by atoms with E-state index in [1.54, 1.807) is 7.05 Å². The van der Waals surface area contributed by atoms with Crippen LogP contribution in [-0.4, -0.2) is 19.6 Å². The van der Waals surface area contributed by atoms with Gasteiger partial charge in [0.05, 0.1) is 6.04 Å². The van der Waals surface area contributed by atoms with E-state index < -0.39 is 11.6 Å². The van der Waals surface area contributed by atoms with Crippen molar-refractivity contribution in [1.29, 1.82) is 0 Å². The van der Waals surface area contributed by atoms with Crippen molar-refractivity contribution in [2.24, 2.45) is 4.99 Å². The van der Waals surface area contributed by atoms with Crippen LogP contribution in [0.5, 0.6) is 0 Å². The average Bonchev–Trinajstić information content (AvgIpc) is 2.57. The first-order valence-corrected chi connectivity index (χ1v) is 7.56. The first-order chi connectivity index (χ1) is 11.1. The Labute approximate surface area is 158 Å². The predicted molar refractivity (Wildman–Crippen MR) is 105 cm³/mol. The molecule has 0 radical (unpaired) electrons. The van der Waals surface area contributed by atoms with E-state index in [0.29, 0.717) is 24.5 Å². The molecule has 0 spiro atoms. The summed E-state index contributed by atoms with van der Waals surface area (Å²) in [5, 5.41) is 6.38. The van der Waals surface area contributed by atoms with Gasteiger partial charge in [-0.15, -0.1) is 24.0 Å². The van der Waals surface area contributed by atoms with Gasteiger partial charge in [-0.05, 0) is 42.7 Å². The smallest absolute Gasteiger partial charge is 0.191 e. The molecule has 130 valence electrons. The molecule has 2 N–H and O–H groups in total. The summed E-state index contributed by atoms with van der Waals surface area (Å²) in [6.07, 6.45) is 0.379. The summed E-state index contributed by atoms with van der Waals surface area (Å²) in [4.78, 5) is 4.15. The van der Waals surface area contributed by atoms with Gasteiger partial charge in [0, 0.05) is 13.6 Å². The number of hydrogen-bond donors (Lipinski definition) is 2. The van der Waals surface area contributed by atoms with E-state index in [4.69, 9.17) is 0 Å². The van der Waals surface area contributed by atoms with Crippen molar-refractivity contribution in [2.75, 3.05) is 13.6 Å². The minimum Gasteiger partial charge on any atom is -0.356 e. The van der Waals surface area contributed by atoms with Crippen molar-refractivity contribution < 1.29 is 8.78 Å². The maximum absolute atomic E-state index is 13.6. The Morgan fingerprint density at radius 1 is 1.12 bits per heavy atom. The van der Waals surface area contributed by atoms with Gasteiger partial charge in [-0.2, -0.15) is 0 Å². The molecule has 0 heterocycles. The molecule has 0 saturated heterocycles. The maximum Gasteiger partial charge on any atom is 0.191 e. The Hall–Kier alpha value is -1.70. The second-order valence-electron chi connectivity index (χ2n) is 5.26. The highest BCUT2D eigenvalue weighted by atomic mass is 127. The zero-order valence-electron chi connectivity index (χ0n) is 13.7. The van der Waals surface area contributed by atoms with Crippen molar-refractivity contribution in [3.05, 3.63) is 71.3 Å². The highest BCUT2D eigenvalue weighted by Crippen LogP contribution is 2.11. The molecule has 0 aliphatic carbocycles. The number of aliphatic imine (C=N–C) groups is 1. The van der Waals surface area contributed by atoms with Gasteiger partial charge >= 0.3 is 0 Å². The van der Waals surface area contributed by atoms with Gasteiger partial charge in [-0.25, -0.2) is 8.78 Å². The van der Waals surface area contributed by atoms with Crippen LogP contribution >= 0.6 is 24.0 Å². The van der Waals surface area contributed by atoms with Crippen LogP contribution < -0.4 is 10.6 Å². The van der Waals surface area contributed by atoms with Crippen LogP contribution in [0, 0.1) is 11.6 Å². The molecule has 24 heavy (non-hydrogen) atoms. The molecule has 0 aliphatic rings. The van der Waals surface area contributed by atoms with Crippen LogP contribution in [0.25, 0.3) is 0 Å². The minimum absolute atomic E-state index is 0. The van der Waals surface area contributed by atoms with Gasteiger partial charge in [0.25, 0.3) is 0 Å². The van der Waals surface area contributed by atoms with Gasteiger partial charge in [0.15, 0.2) is 5.96 Å². The number of nitrogens with zero attached hydrogens (tertiary/aromatic N) is 1. The number of halogens is 3. The summed E-state index contributed by atoms with van der Waals surface area (Å²) in [7, 11) is 1.68. The summed E-state index contributed by atoms with van der Waals surface area (Å²) in [6, 6.07) is 13.6. The summed E-state index contributed by atoms with van der Waals surface area (Å²) in [5.74, 6) is -0.200. The second kappa shape index (κ2) is 10.2. The molecular formula is C18H22F2IN3.